The van der Waals surface area contributed by atoms with Gasteiger partial charge in [-0.1, -0.05) is 27.7 Å². The molecule has 3 fully saturated rings. The third-order valence-corrected chi connectivity index (χ3v) is 5.82. The molecule has 1 saturated carbocycles. The van der Waals surface area contributed by atoms with Crippen LogP contribution in [0.25, 0.3) is 0 Å². The lowest BCUT2D eigenvalue weighted by Crippen LogP contribution is -2.51. The number of rotatable bonds is 4. The Morgan fingerprint density at radius 1 is 0.826 bits per heavy atom. The minimum Gasteiger partial charge on any atom is -0.350 e. The van der Waals surface area contributed by atoms with Crippen LogP contribution in [0.1, 0.15) is 66.2 Å². The second-order valence-corrected chi connectivity index (χ2v) is 8.47. The molecule has 1 atom stereocenters. The van der Waals surface area contributed by atoms with Crippen LogP contribution in [-0.2, 0) is 18.9 Å². The number of hydrogen-bond acceptors (Lipinski definition) is 4. The summed E-state index contributed by atoms with van der Waals surface area (Å²) >= 11 is 0. The molecule has 2 saturated heterocycles. The second-order valence-electron chi connectivity index (χ2n) is 8.47. The van der Waals surface area contributed by atoms with Gasteiger partial charge < -0.3 is 18.9 Å². The Morgan fingerprint density at radius 3 is 1.96 bits per heavy atom. The van der Waals surface area contributed by atoms with E-state index in [-0.39, 0.29) is 17.7 Å². The van der Waals surface area contributed by atoms with Gasteiger partial charge in [0, 0.05) is 31.6 Å². The van der Waals surface area contributed by atoms with Crippen LogP contribution < -0.4 is 0 Å². The number of ether oxygens (including phenoxy) is 4. The van der Waals surface area contributed by atoms with Gasteiger partial charge in [-0.2, -0.15) is 0 Å². The van der Waals surface area contributed by atoms with Gasteiger partial charge in [-0.3, -0.25) is 0 Å². The Hall–Kier alpha value is -0.160. The fraction of sp³-hybridized carbons (Fsp3) is 1.00. The fourth-order valence-corrected chi connectivity index (χ4v) is 3.83. The third-order valence-electron chi connectivity index (χ3n) is 5.82. The number of hydrogen-bond donors (Lipinski definition) is 0. The molecule has 0 aromatic rings. The molecule has 0 radical (unpaired) electrons. The van der Waals surface area contributed by atoms with Crippen molar-refractivity contribution < 1.29 is 18.9 Å². The largest absolute Gasteiger partial charge is 0.350 e. The van der Waals surface area contributed by atoms with Gasteiger partial charge in [0.15, 0.2) is 11.6 Å². The van der Waals surface area contributed by atoms with Gasteiger partial charge >= 0.3 is 0 Å². The fourth-order valence-electron chi connectivity index (χ4n) is 3.83. The van der Waals surface area contributed by atoms with Gasteiger partial charge in [0.25, 0.3) is 0 Å². The summed E-state index contributed by atoms with van der Waals surface area (Å²) in [6, 6.07) is 0. The van der Waals surface area contributed by atoms with Crippen molar-refractivity contribution in [2.45, 2.75) is 83.9 Å². The van der Waals surface area contributed by atoms with E-state index >= 15 is 0 Å². The van der Waals surface area contributed by atoms with Crippen LogP contribution >= 0.6 is 0 Å². The minimum absolute atomic E-state index is 0.268. The van der Waals surface area contributed by atoms with Gasteiger partial charge in [-0.15, -0.1) is 0 Å². The summed E-state index contributed by atoms with van der Waals surface area (Å²) in [5.74, 6) is 1.12. The monoisotopic (exact) mass is 326 g/mol. The van der Waals surface area contributed by atoms with Gasteiger partial charge in [0.05, 0.1) is 25.9 Å². The Kier molecular flexibility index (Phi) is 5.37. The molecule has 4 nitrogen and oxygen atoms in total. The Balaban J connectivity index is 1.47. The first-order valence-electron chi connectivity index (χ1n) is 9.52. The van der Waals surface area contributed by atoms with E-state index in [4.69, 9.17) is 18.9 Å². The molecule has 3 rings (SSSR count). The quantitative estimate of drug-likeness (QED) is 0.778. The van der Waals surface area contributed by atoms with Crippen LogP contribution in [0.2, 0.25) is 0 Å². The zero-order valence-corrected chi connectivity index (χ0v) is 15.3. The Labute approximate surface area is 141 Å². The molecule has 3 aliphatic rings. The maximum atomic E-state index is 6.30. The molecular weight excluding hydrogens is 292 g/mol. The van der Waals surface area contributed by atoms with E-state index in [2.05, 4.69) is 27.7 Å². The van der Waals surface area contributed by atoms with E-state index in [1.807, 2.05) is 0 Å². The topological polar surface area (TPSA) is 36.9 Å². The van der Waals surface area contributed by atoms with Gasteiger partial charge in [-0.25, -0.2) is 0 Å². The van der Waals surface area contributed by atoms with Crippen LogP contribution in [0.15, 0.2) is 0 Å². The second kappa shape index (κ2) is 6.99. The highest BCUT2D eigenvalue weighted by molar-refractivity contribution is 4.91. The van der Waals surface area contributed by atoms with Gasteiger partial charge in [-0.05, 0) is 24.7 Å². The molecular formula is C19H34O4. The molecule has 1 aliphatic carbocycles. The lowest BCUT2D eigenvalue weighted by Gasteiger charge is -2.47. The first kappa shape index (κ1) is 17.7. The van der Waals surface area contributed by atoms with Crippen LogP contribution in [0.4, 0.5) is 0 Å². The summed E-state index contributed by atoms with van der Waals surface area (Å²) in [5.41, 5.74) is 0. The van der Waals surface area contributed by atoms with E-state index in [9.17, 15) is 0 Å². The highest BCUT2D eigenvalue weighted by Gasteiger charge is 2.51. The predicted molar refractivity (Wildman–Crippen MR) is 89.1 cm³/mol. The first-order valence-corrected chi connectivity index (χ1v) is 9.52. The molecule has 23 heavy (non-hydrogen) atoms. The molecule has 0 amide bonds. The van der Waals surface area contributed by atoms with E-state index in [0.717, 1.165) is 57.8 Å². The summed E-state index contributed by atoms with van der Waals surface area (Å²) in [5, 5.41) is 0. The van der Waals surface area contributed by atoms with Crippen LogP contribution in [0.3, 0.4) is 0 Å². The van der Waals surface area contributed by atoms with Crippen molar-refractivity contribution in [2.75, 3.05) is 19.8 Å². The van der Waals surface area contributed by atoms with Gasteiger partial charge in [0.1, 0.15) is 0 Å². The van der Waals surface area contributed by atoms with Crippen LogP contribution in [-0.4, -0.2) is 37.5 Å². The van der Waals surface area contributed by atoms with Crippen molar-refractivity contribution in [1.82, 2.24) is 0 Å². The maximum Gasteiger partial charge on any atom is 0.169 e. The molecule has 0 N–H and O–H groups in total. The zero-order valence-electron chi connectivity index (χ0n) is 15.3. The van der Waals surface area contributed by atoms with Crippen molar-refractivity contribution in [3.63, 3.8) is 0 Å². The zero-order chi connectivity index (χ0) is 16.5. The molecule has 0 bridgehead atoms. The summed E-state index contributed by atoms with van der Waals surface area (Å²) in [6.07, 6.45) is 6.12. The highest BCUT2D eigenvalue weighted by Crippen LogP contribution is 2.46. The lowest BCUT2D eigenvalue weighted by molar-refractivity contribution is -0.325. The summed E-state index contributed by atoms with van der Waals surface area (Å²) in [6.45, 7) is 11.4. The molecule has 134 valence electrons. The molecule has 2 spiro atoms. The summed E-state index contributed by atoms with van der Waals surface area (Å²) < 4.78 is 24.7. The van der Waals surface area contributed by atoms with Crippen LogP contribution in [0, 0.1) is 17.8 Å². The van der Waals surface area contributed by atoms with E-state index < -0.39 is 0 Å². The molecule has 0 aromatic heterocycles. The average Bonchev–Trinajstić information content (AvgIpc) is 2.93. The molecule has 2 aliphatic heterocycles. The van der Waals surface area contributed by atoms with Gasteiger partial charge in [0.2, 0.25) is 0 Å². The van der Waals surface area contributed by atoms with E-state index in [1.54, 1.807) is 0 Å². The Morgan fingerprint density at radius 2 is 1.39 bits per heavy atom. The first-order chi connectivity index (χ1) is 10.9. The molecule has 4 heteroatoms. The third kappa shape index (κ3) is 4.09. The smallest absolute Gasteiger partial charge is 0.169 e. The minimum atomic E-state index is -0.376. The summed E-state index contributed by atoms with van der Waals surface area (Å²) in [4.78, 5) is 0. The van der Waals surface area contributed by atoms with E-state index in [0.29, 0.717) is 11.8 Å². The highest BCUT2D eigenvalue weighted by atomic mass is 16.7. The lowest BCUT2D eigenvalue weighted by atomic mass is 9.87. The van der Waals surface area contributed by atoms with Crippen molar-refractivity contribution in [2.24, 2.45) is 17.8 Å². The van der Waals surface area contributed by atoms with Crippen molar-refractivity contribution >= 4 is 0 Å². The Bertz CT molecular complexity index is 375. The van der Waals surface area contributed by atoms with E-state index in [1.165, 1.54) is 6.42 Å². The van der Waals surface area contributed by atoms with Crippen molar-refractivity contribution in [3.8, 4) is 0 Å². The predicted octanol–water partition coefficient (Wildman–Crippen LogP) is 4.12. The summed E-state index contributed by atoms with van der Waals surface area (Å²) in [7, 11) is 0. The maximum absolute atomic E-state index is 6.30. The standard InChI is InChI=1S/C19H34O4/c1-14(2)5-6-17-13-22-19(23-17)9-7-18(8-10-19)20-11-16(12-21-18)15(3)4/h14-17H,5-13H2,1-4H3. The molecule has 2 heterocycles. The normalized spacial score (nSPS) is 41.5. The molecule has 1 unspecified atom stereocenters. The van der Waals surface area contributed by atoms with Crippen LogP contribution in [0.5, 0.6) is 0 Å². The SMILES string of the molecule is CC(C)CCC1COC2(CCC3(CC2)OCC(C(C)C)CO3)O1. The van der Waals surface area contributed by atoms with Crippen molar-refractivity contribution in [3.05, 3.63) is 0 Å². The van der Waals surface area contributed by atoms with Crippen molar-refractivity contribution in [1.29, 1.82) is 0 Å². The average molecular weight is 326 g/mol. The molecule has 0 aromatic carbocycles.